The van der Waals surface area contributed by atoms with Crippen LogP contribution in [0.5, 0.6) is 0 Å². The Bertz CT molecular complexity index is 683. The number of halogens is 1. The summed E-state index contributed by atoms with van der Waals surface area (Å²) in [6, 6.07) is 1.09. The highest BCUT2D eigenvalue weighted by atomic mass is 35.5. The van der Waals surface area contributed by atoms with Crippen LogP contribution in [0.2, 0.25) is 5.02 Å². The number of aromatic nitrogens is 4. The maximum absolute atomic E-state index is 10.8. The van der Waals surface area contributed by atoms with Gasteiger partial charge in [0.1, 0.15) is 6.20 Å². The molecule has 98 valence electrons. The van der Waals surface area contributed by atoms with Crippen molar-refractivity contribution in [3.63, 3.8) is 0 Å². The van der Waals surface area contributed by atoms with Crippen LogP contribution < -0.4 is 0 Å². The van der Waals surface area contributed by atoms with Crippen LogP contribution in [-0.2, 0) is 0 Å². The molecule has 0 aliphatic heterocycles. The van der Waals surface area contributed by atoms with Gasteiger partial charge in [-0.1, -0.05) is 11.6 Å². The van der Waals surface area contributed by atoms with Gasteiger partial charge in [-0.05, 0) is 6.92 Å². The van der Waals surface area contributed by atoms with E-state index in [0.29, 0.717) is 0 Å². The molecular weight excluding hydrogens is 278 g/mol. The Labute approximate surface area is 110 Å². The van der Waals surface area contributed by atoms with Crippen molar-refractivity contribution in [2.45, 2.75) is 6.92 Å². The van der Waals surface area contributed by atoms with Gasteiger partial charge in [-0.3, -0.25) is 10.1 Å². The maximum Gasteiger partial charge on any atom is 0.358 e. The molecule has 0 radical (unpaired) electrons. The van der Waals surface area contributed by atoms with Gasteiger partial charge in [-0.25, -0.2) is 9.78 Å². The lowest BCUT2D eigenvalue weighted by atomic mass is 10.4. The molecule has 0 saturated heterocycles. The van der Waals surface area contributed by atoms with E-state index in [1.807, 2.05) is 0 Å². The Balaban J connectivity index is 2.50. The van der Waals surface area contributed by atoms with E-state index in [1.54, 1.807) is 0 Å². The highest BCUT2D eigenvalue weighted by Crippen LogP contribution is 2.22. The van der Waals surface area contributed by atoms with E-state index in [9.17, 15) is 14.9 Å². The highest BCUT2D eigenvalue weighted by Gasteiger charge is 2.18. The standard InChI is InChI=1S/C9H6ClN5O4/c1-4-7(9(16)17)13-14(12-4)8-6(10)2-5(3-11-8)15(18)19/h2-3H,1H3,(H,16,17). The lowest BCUT2D eigenvalue weighted by molar-refractivity contribution is -0.385. The second-order valence-electron chi connectivity index (χ2n) is 3.48. The van der Waals surface area contributed by atoms with Crippen molar-refractivity contribution in [2.24, 2.45) is 0 Å². The molecule has 2 rings (SSSR count). The van der Waals surface area contributed by atoms with Crippen molar-refractivity contribution >= 4 is 23.3 Å². The monoisotopic (exact) mass is 283 g/mol. The summed E-state index contributed by atoms with van der Waals surface area (Å²) >= 11 is 5.83. The normalized spacial score (nSPS) is 10.4. The minimum atomic E-state index is -1.23. The Kier molecular flexibility index (Phi) is 3.13. The number of carbonyl (C=O) groups is 1. The molecule has 0 atom stereocenters. The smallest absolute Gasteiger partial charge is 0.358 e. The van der Waals surface area contributed by atoms with E-state index >= 15 is 0 Å². The molecule has 0 aliphatic rings. The molecule has 19 heavy (non-hydrogen) atoms. The molecule has 0 fully saturated rings. The van der Waals surface area contributed by atoms with Gasteiger partial charge in [-0.15, -0.1) is 9.90 Å². The topological polar surface area (TPSA) is 124 Å². The second-order valence-corrected chi connectivity index (χ2v) is 3.89. The number of nitro groups is 1. The van der Waals surface area contributed by atoms with Crippen molar-refractivity contribution in [3.8, 4) is 5.82 Å². The number of hydrogen-bond acceptors (Lipinski definition) is 6. The third-order valence-corrected chi connectivity index (χ3v) is 2.47. The van der Waals surface area contributed by atoms with E-state index in [2.05, 4.69) is 15.2 Å². The number of aromatic carboxylic acids is 1. The van der Waals surface area contributed by atoms with Crippen LogP contribution in [0, 0.1) is 17.0 Å². The SMILES string of the molecule is Cc1nn(-c2ncc([N+](=O)[O-])cc2Cl)nc1C(=O)O. The molecule has 0 aromatic carbocycles. The molecule has 10 heteroatoms. The summed E-state index contributed by atoms with van der Waals surface area (Å²) in [7, 11) is 0. The van der Waals surface area contributed by atoms with Crippen LogP contribution in [0.1, 0.15) is 16.2 Å². The largest absolute Gasteiger partial charge is 0.476 e. The minimum absolute atomic E-state index is 0.0165. The first-order chi connectivity index (χ1) is 8.90. The molecule has 0 aliphatic carbocycles. The molecule has 0 bridgehead atoms. The summed E-state index contributed by atoms with van der Waals surface area (Å²) in [6.07, 6.45) is 0.986. The van der Waals surface area contributed by atoms with Gasteiger partial charge in [-0.2, -0.15) is 5.10 Å². The fourth-order valence-corrected chi connectivity index (χ4v) is 1.57. The van der Waals surface area contributed by atoms with E-state index < -0.39 is 10.9 Å². The average molecular weight is 284 g/mol. The molecule has 2 aromatic heterocycles. The predicted molar refractivity (Wildman–Crippen MR) is 62.5 cm³/mol. The Morgan fingerprint density at radius 1 is 1.53 bits per heavy atom. The van der Waals surface area contributed by atoms with E-state index in [-0.39, 0.29) is 27.9 Å². The first-order valence-electron chi connectivity index (χ1n) is 4.87. The van der Waals surface area contributed by atoms with Gasteiger partial charge >= 0.3 is 5.97 Å². The van der Waals surface area contributed by atoms with Crippen LogP contribution in [-0.4, -0.2) is 36.0 Å². The number of rotatable bonds is 3. The van der Waals surface area contributed by atoms with Gasteiger partial charge in [0.25, 0.3) is 5.69 Å². The Hall–Kier alpha value is -2.55. The maximum atomic E-state index is 10.8. The van der Waals surface area contributed by atoms with Gasteiger partial charge < -0.3 is 5.11 Å². The summed E-state index contributed by atoms with van der Waals surface area (Å²) in [4.78, 5) is 25.4. The van der Waals surface area contributed by atoms with E-state index in [1.165, 1.54) is 6.92 Å². The lowest BCUT2D eigenvalue weighted by Gasteiger charge is -2.00. The summed E-state index contributed by atoms with van der Waals surface area (Å²) in [5, 5.41) is 26.9. The number of nitrogens with zero attached hydrogens (tertiary/aromatic N) is 5. The van der Waals surface area contributed by atoms with Crippen molar-refractivity contribution in [1.82, 2.24) is 20.0 Å². The number of carboxylic acid groups (broad SMARTS) is 1. The summed E-state index contributed by atoms with van der Waals surface area (Å²) < 4.78 is 0. The zero-order chi connectivity index (χ0) is 14.2. The third kappa shape index (κ3) is 2.36. The quantitative estimate of drug-likeness (QED) is 0.663. The molecule has 2 heterocycles. The molecule has 0 amide bonds. The molecule has 0 spiro atoms. The van der Waals surface area contributed by atoms with E-state index in [4.69, 9.17) is 16.7 Å². The summed E-state index contributed by atoms with van der Waals surface area (Å²) in [6.45, 7) is 1.46. The highest BCUT2D eigenvalue weighted by molar-refractivity contribution is 6.32. The molecule has 0 unspecified atom stereocenters. The number of pyridine rings is 1. The minimum Gasteiger partial charge on any atom is -0.476 e. The lowest BCUT2D eigenvalue weighted by Crippen LogP contribution is -2.05. The third-order valence-electron chi connectivity index (χ3n) is 2.19. The van der Waals surface area contributed by atoms with Crippen molar-refractivity contribution in [2.75, 3.05) is 0 Å². The Morgan fingerprint density at radius 3 is 2.68 bits per heavy atom. The van der Waals surface area contributed by atoms with Crippen molar-refractivity contribution in [3.05, 3.63) is 38.8 Å². The van der Waals surface area contributed by atoms with Crippen LogP contribution >= 0.6 is 11.6 Å². The van der Waals surface area contributed by atoms with Crippen LogP contribution in [0.3, 0.4) is 0 Å². The Morgan fingerprint density at radius 2 is 2.21 bits per heavy atom. The zero-order valence-electron chi connectivity index (χ0n) is 9.44. The van der Waals surface area contributed by atoms with Gasteiger partial charge in [0.05, 0.1) is 15.6 Å². The zero-order valence-corrected chi connectivity index (χ0v) is 10.2. The van der Waals surface area contributed by atoms with E-state index in [0.717, 1.165) is 17.1 Å². The molecule has 1 N–H and O–H groups in total. The average Bonchev–Trinajstić information content (AvgIpc) is 2.71. The molecule has 0 saturated carbocycles. The first kappa shape index (κ1) is 12.9. The van der Waals surface area contributed by atoms with Crippen LogP contribution in [0.15, 0.2) is 12.3 Å². The number of carboxylic acids is 1. The number of aryl methyl sites for hydroxylation is 1. The fourth-order valence-electron chi connectivity index (χ4n) is 1.34. The van der Waals surface area contributed by atoms with Crippen molar-refractivity contribution in [1.29, 1.82) is 0 Å². The van der Waals surface area contributed by atoms with Gasteiger partial charge in [0.2, 0.25) is 0 Å². The van der Waals surface area contributed by atoms with Crippen LogP contribution in [0.25, 0.3) is 5.82 Å². The number of hydrogen-bond donors (Lipinski definition) is 1. The fraction of sp³-hybridized carbons (Fsp3) is 0.111. The second kappa shape index (κ2) is 4.61. The molecule has 2 aromatic rings. The van der Waals surface area contributed by atoms with Crippen LogP contribution in [0.4, 0.5) is 5.69 Å². The predicted octanol–water partition coefficient (Wildman–Crippen LogP) is 1.23. The summed E-state index contributed by atoms with van der Waals surface area (Å²) in [5.74, 6) is -1.22. The molecular formula is C9H6ClN5O4. The van der Waals surface area contributed by atoms with Gasteiger partial charge in [0, 0.05) is 6.07 Å². The van der Waals surface area contributed by atoms with Gasteiger partial charge in [0.15, 0.2) is 11.5 Å². The summed E-state index contributed by atoms with van der Waals surface area (Å²) in [5.41, 5.74) is -0.337. The molecule has 9 nitrogen and oxygen atoms in total. The van der Waals surface area contributed by atoms with Crippen molar-refractivity contribution < 1.29 is 14.8 Å². The first-order valence-corrected chi connectivity index (χ1v) is 5.25.